The van der Waals surface area contributed by atoms with Gasteiger partial charge in [-0.15, -0.1) is 0 Å². The number of nitrogens with one attached hydrogen (secondary N) is 1. The Morgan fingerprint density at radius 1 is 1.44 bits per heavy atom. The summed E-state index contributed by atoms with van der Waals surface area (Å²) in [5.74, 6) is 0. The Balaban J connectivity index is 1.86. The molecular weight excluding hydrogens is 208 g/mol. The second-order valence-electron chi connectivity index (χ2n) is 5.06. The van der Waals surface area contributed by atoms with Gasteiger partial charge in [-0.05, 0) is 31.1 Å². The van der Waals surface area contributed by atoms with Gasteiger partial charge in [0.15, 0.2) is 0 Å². The Morgan fingerprint density at radius 3 is 2.69 bits per heavy atom. The number of piperidine rings is 1. The van der Waals surface area contributed by atoms with Crippen molar-refractivity contribution in [3.8, 4) is 0 Å². The summed E-state index contributed by atoms with van der Waals surface area (Å²) in [4.78, 5) is 12.3. The molecule has 0 aromatic rings. The monoisotopic (exact) mass is 228 g/mol. The highest BCUT2D eigenvalue weighted by Gasteiger charge is 2.41. The summed E-state index contributed by atoms with van der Waals surface area (Å²) in [7, 11) is 0. The SMILES string of the molecule is O=C(O)N1CCC2(CC1)CN[C@H](CCO)C2. The molecule has 16 heavy (non-hydrogen) atoms. The van der Waals surface area contributed by atoms with Gasteiger partial charge in [-0.1, -0.05) is 0 Å². The van der Waals surface area contributed by atoms with Gasteiger partial charge in [0.05, 0.1) is 0 Å². The van der Waals surface area contributed by atoms with Crippen LogP contribution in [0.1, 0.15) is 25.7 Å². The van der Waals surface area contributed by atoms with Crippen molar-refractivity contribution in [2.24, 2.45) is 5.41 Å². The highest BCUT2D eigenvalue weighted by molar-refractivity contribution is 5.65. The van der Waals surface area contributed by atoms with Crippen molar-refractivity contribution in [1.82, 2.24) is 10.2 Å². The normalized spacial score (nSPS) is 28.6. The molecule has 5 heteroatoms. The fourth-order valence-electron chi connectivity index (χ4n) is 2.94. The van der Waals surface area contributed by atoms with Crippen LogP contribution in [0.2, 0.25) is 0 Å². The Kier molecular flexibility index (Phi) is 3.35. The Labute approximate surface area is 95.4 Å². The minimum atomic E-state index is -0.798. The van der Waals surface area contributed by atoms with Crippen molar-refractivity contribution in [3.63, 3.8) is 0 Å². The predicted molar refractivity (Wildman–Crippen MR) is 59.4 cm³/mol. The molecule has 0 bridgehead atoms. The molecule has 2 rings (SSSR count). The van der Waals surface area contributed by atoms with Crippen molar-refractivity contribution < 1.29 is 15.0 Å². The molecule has 1 spiro atoms. The number of aliphatic hydroxyl groups excluding tert-OH is 1. The molecule has 2 aliphatic rings. The van der Waals surface area contributed by atoms with Gasteiger partial charge in [-0.25, -0.2) is 4.79 Å². The lowest BCUT2D eigenvalue weighted by molar-refractivity contribution is 0.0963. The maximum absolute atomic E-state index is 10.8. The fraction of sp³-hybridized carbons (Fsp3) is 0.909. The molecule has 5 nitrogen and oxygen atoms in total. The molecule has 3 N–H and O–H groups in total. The Morgan fingerprint density at radius 2 is 2.12 bits per heavy atom. The quantitative estimate of drug-likeness (QED) is 0.643. The van der Waals surface area contributed by atoms with E-state index in [-0.39, 0.29) is 12.0 Å². The topological polar surface area (TPSA) is 72.8 Å². The van der Waals surface area contributed by atoms with Crippen LogP contribution in [0.5, 0.6) is 0 Å². The lowest BCUT2D eigenvalue weighted by atomic mass is 9.76. The summed E-state index contributed by atoms with van der Waals surface area (Å²) in [5.41, 5.74) is 0.284. The van der Waals surface area contributed by atoms with Gasteiger partial charge in [0.25, 0.3) is 0 Å². The van der Waals surface area contributed by atoms with Gasteiger partial charge < -0.3 is 20.4 Å². The lowest BCUT2D eigenvalue weighted by Gasteiger charge is -2.37. The van der Waals surface area contributed by atoms with E-state index >= 15 is 0 Å². The Hall–Kier alpha value is -0.810. The molecule has 92 valence electrons. The summed E-state index contributed by atoms with van der Waals surface area (Å²) in [5, 5.41) is 21.2. The maximum atomic E-state index is 10.8. The zero-order valence-corrected chi connectivity index (χ0v) is 9.48. The molecule has 0 aliphatic carbocycles. The lowest BCUT2D eigenvalue weighted by Crippen LogP contribution is -2.43. The van der Waals surface area contributed by atoms with Gasteiger partial charge in [-0.2, -0.15) is 0 Å². The zero-order chi connectivity index (χ0) is 11.6. The number of carbonyl (C=O) groups is 1. The maximum Gasteiger partial charge on any atom is 0.407 e. The number of hydrogen-bond acceptors (Lipinski definition) is 3. The van der Waals surface area contributed by atoms with Crippen LogP contribution >= 0.6 is 0 Å². The molecule has 1 atom stereocenters. The summed E-state index contributed by atoms with van der Waals surface area (Å²) in [6.45, 7) is 2.52. The molecule has 0 aromatic carbocycles. The first-order chi connectivity index (χ1) is 7.65. The molecule has 0 radical (unpaired) electrons. The van der Waals surface area contributed by atoms with Gasteiger partial charge in [0.1, 0.15) is 0 Å². The van der Waals surface area contributed by atoms with Crippen LogP contribution in [-0.4, -0.2) is 53.5 Å². The van der Waals surface area contributed by atoms with Crippen LogP contribution in [-0.2, 0) is 0 Å². The summed E-state index contributed by atoms with van der Waals surface area (Å²) in [6, 6.07) is 0.418. The summed E-state index contributed by atoms with van der Waals surface area (Å²) < 4.78 is 0. The van der Waals surface area contributed by atoms with E-state index < -0.39 is 6.09 Å². The first-order valence-corrected chi connectivity index (χ1v) is 5.97. The number of hydrogen-bond donors (Lipinski definition) is 3. The van der Waals surface area contributed by atoms with E-state index in [0.29, 0.717) is 19.1 Å². The van der Waals surface area contributed by atoms with Crippen molar-refractivity contribution in [3.05, 3.63) is 0 Å². The number of aliphatic hydroxyl groups is 1. The third kappa shape index (κ3) is 2.30. The van der Waals surface area contributed by atoms with E-state index in [1.807, 2.05) is 0 Å². The molecule has 2 aliphatic heterocycles. The molecule has 0 aromatic heterocycles. The average Bonchev–Trinajstić information content (AvgIpc) is 2.63. The molecule has 2 heterocycles. The van der Waals surface area contributed by atoms with Crippen molar-refractivity contribution in [1.29, 1.82) is 0 Å². The van der Waals surface area contributed by atoms with E-state index in [2.05, 4.69) is 5.32 Å². The van der Waals surface area contributed by atoms with Crippen LogP contribution in [0, 0.1) is 5.41 Å². The highest BCUT2D eigenvalue weighted by Crippen LogP contribution is 2.39. The fourth-order valence-corrected chi connectivity index (χ4v) is 2.94. The first kappa shape index (κ1) is 11.7. The standard InChI is InChI=1S/C11H20N2O3/c14-6-1-9-7-11(8-12-9)2-4-13(5-3-11)10(15)16/h9,12,14H,1-8H2,(H,15,16)/t9-/m1/s1. The third-order valence-corrected chi connectivity index (χ3v) is 4.02. The number of rotatable bonds is 2. The largest absolute Gasteiger partial charge is 0.465 e. The van der Waals surface area contributed by atoms with Gasteiger partial charge >= 0.3 is 6.09 Å². The van der Waals surface area contributed by atoms with Gasteiger partial charge in [-0.3, -0.25) is 0 Å². The van der Waals surface area contributed by atoms with Crippen molar-refractivity contribution in [2.45, 2.75) is 31.7 Å². The van der Waals surface area contributed by atoms with E-state index in [1.165, 1.54) is 4.90 Å². The third-order valence-electron chi connectivity index (χ3n) is 4.02. The second kappa shape index (κ2) is 4.59. The van der Waals surface area contributed by atoms with Gasteiger partial charge in [0, 0.05) is 32.3 Å². The molecule has 0 saturated carbocycles. The van der Waals surface area contributed by atoms with Crippen LogP contribution in [0.3, 0.4) is 0 Å². The van der Waals surface area contributed by atoms with E-state index in [0.717, 1.165) is 32.2 Å². The minimum absolute atomic E-state index is 0.231. The number of nitrogens with zero attached hydrogens (tertiary/aromatic N) is 1. The van der Waals surface area contributed by atoms with Gasteiger partial charge in [0.2, 0.25) is 0 Å². The molecule has 0 unspecified atom stereocenters. The molecule has 1 amide bonds. The predicted octanol–water partition coefficient (Wildman–Crippen LogP) is 0.491. The summed E-state index contributed by atoms with van der Waals surface area (Å²) in [6.07, 6.45) is 3.00. The summed E-state index contributed by atoms with van der Waals surface area (Å²) >= 11 is 0. The number of carboxylic acid groups (broad SMARTS) is 1. The second-order valence-corrected chi connectivity index (χ2v) is 5.06. The van der Waals surface area contributed by atoms with Crippen molar-refractivity contribution in [2.75, 3.05) is 26.2 Å². The van der Waals surface area contributed by atoms with Crippen LogP contribution < -0.4 is 5.32 Å². The van der Waals surface area contributed by atoms with Crippen LogP contribution in [0.15, 0.2) is 0 Å². The van der Waals surface area contributed by atoms with Crippen LogP contribution in [0.25, 0.3) is 0 Å². The molecule has 2 fully saturated rings. The Bertz CT molecular complexity index is 262. The minimum Gasteiger partial charge on any atom is -0.465 e. The molecule has 2 saturated heterocycles. The van der Waals surface area contributed by atoms with E-state index in [4.69, 9.17) is 10.2 Å². The zero-order valence-electron chi connectivity index (χ0n) is 9.48. The average molecular weight is 228 g/mol. The smallest absolute Gasteiger partial charge is 0.407 e. The highest BCUT2D eigenvalue weighted by atomic mass is 16.4. The molecular formula is C11H20N2O3. The van der Waals surface area contributed by atoms with E-state index in [1.54, 1.807) is 0 Å². The number of amides is 1. The van der Waals surface area contributed by atoms with Crippen molar-refractivity contribution >= 4 is 6.09 Å². The van der Waals surface area contributed by atoms with Crippen LogP contribution in [0.4, 0.5) is 4.79 Å². The van der Waals surface area contributed by atoms with E-state index in [9.17, 15) is 4.79 Å². The number of likely N-dealkylation sites (tertiary alicyclic amines) is 1. The first-order valence-electron chi connectivity index (χ1n) is 5.97.